The van der Waals surface area contributed by atoms with Crippen LogP contribution in [0.1, 0.15) is 28.7 Å². The number of aryl methyl sites for hydroxylation is 1. The number of nitrogens with one attached hydrogen (secondary N) is 1. The number of carbonyl (C=O) groups is 1. The molecule has 0 aromatic carbocycles. The molecule has 0 aliphatic rings. The van der Waals surface area contributed by atoms with Crippen molar-refractivity contribution in [1.29, 1.82) is 0 Å². The first-order valence-electron chi connectivity index (χ1n) is 7.11. The van der Waals surface area contributed by atoms with E-state index >= 15 is 0 Å². The monoisotopic (exact) mass is 346 g/mol. The van der Waals surface area contributed by atoms with Gasteiger partial charge in [-0.3, -0.25) is 9.88 Å². The molecule has 0 radical (unpaired) electrons. The van der Waals surface area contributed by atoms with Crippen LogP contribution in [-0.2, 0) is 24.8 Å². The van der Waals surface area contributed by atoms with Crippen LogP contribution in [0.4, 0.5) is 0 Å². The molecular formula is C14H23N2O6P. The van der Waals surface area contributed by atoms with Crippen LogP contribution < -0.4 is 5.32 Å². The van der Waals surface area contributed by atoms with Crippen LogP contribution >= 0.6 is 7.60 Å². The fourth-order valence-electron chi connectivity index (χ4n) is 2.03. The zero-order valence-electron chi connectivity index (χ0n) is 13.8. The number of ether oxygens (including phenoxy) is 1. The Labute approximate surface area is 135 Å². The van der Waals surface area contributed by atoms with Gasteiger partial charge in [0.1, 0.15) is 11.5 Å². The smallest absolute Gasteiger partial charge is 0.360 e. The van der Waals surface area contributed by atoms with Crippen molar-refractivity contribution >= 4 is 13.6 Å². The molecule has 8 nitrogen and oxygen atoms in total. The molecule has 0 spiro atoms. The van der Waals surface area contributed by atoms with Gasteiger partial charge in [0.15, 0.2) is 5.69 Å². The summed E-state index contributed by atoms with van der Waals surface area (Å²) in [5, 5.41) is 6.76. The fourth-order valence-corrected chi connectivity index (χ4v) is 3.42. The zero-order chi connectivity index (χ0) is 17.5. The quantitative estimate of drug-likeness (QED) is 0.391. The van der Waals surface area contributed by atoms with Crippen molar-refractivity contribution in [3.63, 3.8) is 0 Å². The van der Waals surface area contributed by atoms with Crippen LogP contribution in [0, 0.1) is 6.92 Å². The topological polar surface area (TPSA) is 99.9 Å². The number of rotatable bonds is 10. The van der Waals surface area contributed by atoms with Crippen LogP contribution in [0.15, 0.2) is 17.2 Å². The third-order valence-corrected chi connectivity index (χ3v) is 5.39. The van der Waals surface area contributed by atoms with Gasteiger partial charge < -0.3 is 18.3 Å². The highest BCUT2D eigenvalue weighted by Crippen LogP contribution is 2.51. The van der Waals surface area contributed by atoms with Gasteiger partial charge in [0.05, 0.1) is 6.61 Å². The molecule has 0 saturated heterocycles. The third-order valence-electron chi connectivity index (χ3n) is 3.24. The molecule has 1 rings (SSSR count). The summed E-state index contributed by atoms with van der Waals surface area (Å²) in [4.78, 5) is 12.0. The van der Waals surface area contributed by atoms with Gasteiger partial charge in [-0.1, -0.05) is 11.2 Å². The van der Waals surface area contributed by atoms with E-state index in [0.717, 1.165) is 0 Å². The molecular weight excluding hydrogens is 323 g/mol. The molecule has 23 heavy (non-hydrogen) atoms. The normalized spacial score (nSPS) is 12.9. The number of nitrogens with zero attached hydrogens (tertiary/aromatic N) is 1. The average molecular weight is 346 g/mol. The molecule has 0 aliphatic heterocycles. The maximum atomic E-state index is 12.7. The predicted octanol–water partition coefficient (Wildman–Crippen LogP) is 2.29. The molecule has 1 N–H and O–H groups in total. The number of hydrogen-bond donors (Lipinski definition) is 1. The predicted molar refractivity (Wildman–Crippen MR) is 84.5 cm³/mol. The van der Waals surface area contributed by atoms with Crippen molar-refractivity contribution < 1.29 is 27.7 Å². The molecule has 1 atom stereocenters. The van der Waals surface area contributed by atoms with E-state index in [2.05, 4.69) is 17.1 Å². The average Bonchev–Trinajstić information content (AvgIpc) is 2.91. The lowest BCUT2D eigenvalue weighted by molar-refractivity contribution is 0.0513. The maximum absolute atomic E-state index is 12.7. The Morgan fingerprint density at radius 1 is 1.48 bits per heavy atom. The highest BCUT2D eigenvalue weighted by molar-refractivity contribution is 7.54. The number of esters is 1. The maximum Gasteiger partial charge on any atom is 0.360 e. The number of hydrogen-bond acceptors (Lipinski definition) is 8. The Morgan fingerprint density at radius 3 is 2.65 bits per heavy atom. The Bertz CT molecular complexity index is 578. The van der Waals surface area contributed by atoms with Crippen molar-refractivity contribution in [1.82, 2.24) is 10.5 Å². The molecule has 0 aliphatic carbocycles. The molecule has 0 amide bonds. The highest BCUT2D eigenvalue weighted by atomic mass is 31.2. The van der Waals surface area contributed by atoms with Gasteiger partial charge in [-0.2, -0.15) is 0 Å². The van der Waals surface area contributed by atoms with Gasteiger partial charge in [-0.25, -0.2) is 4.79 Å². The summed E-state index contributed by atoms with van der Waals surface area (Å²) in [5.74, 6) is -0.842. The van der Waals surface area contributed by atoms with E-state index in [9.17, 15) is 9.36 Å². The lowest BCUT2D eigenvalue weighted by Crippen LogP contribution is -2.33. The van der Waals surface area contributed by atoms with E-state index in [0.29, 0.717) is 17.9 Å². The second-order valence-electron chi connectivity index (χ2n) is 4.61. The SMILES string of the molecule is C=CCNC(Cc1c(C(=O)OCC)noc1C)P(=O)(OC)OC. The van der Waals surface area contributed by atoms with Gasteiger partial charge in [-0.05, 0) is 13.8 Å². The van der Waals surface area contributed by atoms with Crippen LogP contribution in [0.25, 0.3) is 0 Å². The minimum atomic E-state index is -3.43. The number of aromatic nitrogens is 1. The summed E-state index contributed by atoms with van der Waals surface area (Å²) >= 11 is 0. The summed E-state index contributed by atoms with van der Waals surface area (Å²) in [5.41, 5.74) is 0.563. The van der Waals surface area contributed by atoms with Gasteiger partial charge in [0.2, 0.25) is 0 Å². The molecule has 1 heterocycles. The lowest BCUT2D eigenvalue weighted by atomic mass is 10.1. The van der Waals surface area contributed by atoms with E-state index in [1.54, 1.807) is 19.9 Å². The standard InChI is InChI=1S/C14H23N2O6P/c1-6-8-15-12(23(18,19-4)20-5)9-11-10(3)22-16-13(11)14(17)21-7-2/h6,12,15H,1,7-9H2,2-5H3. The Balaban J connectivity index is 3.13. The molecule has 1 unspecified atom stereocenters. The summed E-state index contributed by atoms with van der Waals surface area (Å²) in [6.07, 6.45) is 1.78. The van der Waals surface area contributed by atoms with E-state index in [4.69, 9.17) is 18.3 Å². The largest absolute Gasteiger partial charge is 0.461 e. The van der Waals surface area contributed by atoms with Crippen molar-refractivity contribution in [2.75, 3.05) is 27.4 Å². The van der Waals surface area contributed by atoms with Crippen LogP contribution in [-0.4, -0.2) is 44.3 Å². The van der Waals surface area contributed by atoms with E-state index in [1.165, 1.54) is 14.2 Å². The molecule has 0 bridgehead atoms. The molecule has 1 aromatic rings. The second kappa shape index (κ2) is 8.98. The van der Waals surface area contributed by atoms with Crippen molar-refractivity contribution in [2.24, 2.45) is 0 Å². The van der Waals surface area contributed by atoms with Crippen molar-refractivity contribution in [3.8, 4) is 0 Å². The third kappa shape index (κ3) is 4.75. The Kier molecular flexibility index (Phi) is 7.64. The van der Waals surface area contributed by atoms with Gasteiger partial charge in [0.25, 0.3) is 0 Å². The van der Waals surface area contributed by atoms with Crippen LogP contribution in [0.5, 0.6) is 0 Å². The van der Waals surface area contributed by atoms with Crippen LogP contribution in [0.3, 0.4) is 0 Å². The Morgan fingerprint density at radius 2 is 2.13 bits per heavy atom. The number of carbonyl (C=O) groups excluding carboxylic acids is 1. The fraction of sp³-hybridized carbons (Fsp3) is 0.571. The van der Waals surface area contributed by atoms with Crippen molar-refractivity contribution in [3.05, 3.63) is 29.7 Å². The van der Waals surface area contributed by atoms with E-state index in [1.807, 2.05) is 0 Å². The van der Waals surface area contributed by atoms with Gasteiger partial charge in [0, 0.05) is 32.7 Å². The van der Waals surface area contributed by atoms with Crippen LogP contribution in [0.2, 0.25) is 0 Å². The molecule has 130 valence electrons. The Hall–Kier alpha value is -1.47. The molecule has 0 saturated carbocycles. The zero-order valence-corrected chi connectivity index (χ0v) is 14.7. The summed E-state index contributed by atoms with van der Waals surface area (Å²) in [6, 6.07) is 0. The molecule has 9 heteroatoms. The minimum Gasteiger partial charge on any atom is -0.461 e. The van der Waals surface area contributed by atoms with Crippen molar-refractivity contribution in [2.45, 2.75) is 26.1 Å². The van der Waals surface area contributed by atoms with E-state index < -0.39 is 19.3 Å². The first kappa shape index (κ1) is 19.6. The lowest BCUT2D eigenvalue weighted by Gasteiger charge is -2.24. The molecule has 0 fully saturated rings. The van der Waals surface area contributed by atoms with Gasteiger partial charge >= 0.3 is 13.6 Å². The summed E-state index contributed by atoms with van der Waals surface area (Å²) < 4.78 is 32.8. The van der Waals surface area contributed by atoms with E-state index in [-0.39, 0.29) is 18.7 Å². The highest BCUT2D eigenvalue weighted by Gasteiger charge is 2.36. The minimum absolute atomic E-state index is 0.0634. The summed E-state index contributed by atoms with van der Waals surface area (Å²) in [6.45, 7) is 7.59. The first-order chi connectivity index (χ1) is 10.9. The first-order valence-corrected chi connectivity index (χ1v) is 8.72. The second-order valence-corrected chi connectivity index (χ2v) is 7.04. The summed E-state index contributed by atoms with van der Waals surface area (Å²) in [7, 11) is -0.818. The molecule has 1 aromatic heterocycles. The van der Waals surface area contributed by atoms with Gasteiger partial charge in [-0.15, -0.1) is 6.58 Å².